The quantitative estimate of drug-likeness (QED) is 0.0486. The highest BCUT2D eigenvalue weighted by atomic mass is 19.4. The van der Waals surface area contributed by atoms with Crippen LogP contribution < -0.4 is 15.4 Å². The van der Waals surface area contributed by atoms with Gasteiger partial charge in [0, 0.05) is 69.0 Å². The predicted octanol–water partition coefficient (Wildman–Crippen LogP) is 9.96. The van der Waals surface area contributed by atoms with Gasteiger partial charge in [0.2, 0.25) is 35.4 Å². The Labute approximate surface area is 435 Å². The molecule has 0 spiro atoms. The molecule has 17 nitrogen and oxygen atoms in total. The van der Waals surface area contributed by atoms with E-state index in [1.165, 1.54) is 39.2 Å². The van der Waals surface area contributed by atoms with Crippen LogP contribution in [0.3, 0.4) is 0 Å². The number of ether oxygens (including phenoxy) is 1. The number of alkyl halides is 3. The topological polar surface area (TPSA) is 208 Å². The molecule has 0 saturated carbocycles. The first kappa shape index (κ1) is 57.1. The summed E-state index contributed by atoms with van der Waals surface area (Å²) in [6.45, 7) is 6.08. The minimum atomic E-state index is -4.51. The van der Waals surface area contributed by atoms with Gasteiger partial charge in [-0.2, -0.15) is 18.3 Å². The zero-order valence-electron chi connectivity index (χ0n) is 43.5. The lowest BCUT2D eigenvalue weighted by Gasteiger charge is -2.38. The monoisotopic (exact) mass is 1040 g/mol. The van der Waals surface area contributed by atoms with Gasteiger partial charge < -0.3 is 29.1 Å². The first-order chi connectivity index (χ1) is 36.0. The van der Waals surface area contributed by atoms with Crippen molar-refractivity contribution in [1.82, 2.24) is 45.2 Å². The number of halogens is 3. The lowest BCUT2D eigenvalue weighted by atomic mass is 9.98. The molecule has 4 aromatic heterocycles. The largest absolute Gasteiger partial charge is 0.480 e. The number of aromatic nitrogens is 5. The van der Waals surface area contributed by atoms with E-state index in [-0.39, 0.29) is 41.2 Å². The molecule has 5 heterocycles. The second-order valence-electron chi connectivity index (χ2n) is 18.9. The van der Waals surface area contributed by atoms with Crippen molar-refractivity contribution in [2.45, 2.75) is 129 Å². The van der Waals surface area contributed by atoms with Crippen molar-refractivity contribution in [3.8, 4) is 34.2 Å². The Balaban J connectivity index is 0.000000244. The van der Waals surface area contributed by atoms with Gasteiger partial charge in [-0.1, -0.05) is 57.7 Å². The van der Waals surface area contributed by atoms with Crippen LogP contribution in [0.1, 0.15) is 128 Å². The number of fused-ring (bicyclic) bond motifs is 1. The van der Waals surface area contributed by atoms with Gasteiger partial charge in [-0.05, 0) is 82.2 Å². The van der Waals surface area contributed by atoms with Crippen molar-refractivity contribution in [2.24, 2.45) is 5.92 Å². The number of carbonyl (C=O) groups excluding carboxylic acids is 5. The lowest BCUT2D eigenvalue weighted by molar-refractivity contribution is -0.155. The number of hydrogen-bond donors (Lipinski definition) is 2. The molecular formula is C55H68F3N9O8. The van der Waals surface area contributed by atoms with Gasteiger partial charge in [-0.15, -0.1) is 0 Å². The molecule has 1 saturated heterocycles. The van der Waals surface area contributed by atoms with E-state index in [1.807, 2.05) is 80.7 Å². The van der Waals surface area contributed by atoms with E-state index in [0.29, 0.717) is 99.7 Å². The highest BCUT2D eigenvalue weighted by molar-refractivity contribution is 5.86. The molecule has 1 aliphatic heterocycles. The van der Waals surface area contributed by atoms with Gasteiger partial charge in [-0.3, -0.25) is 28.9 Å². The third-order valence-corrected chi connectivity index (χ3v) is 13.1. The summed E-state index contributed by atoms with van der Waals surface area (Å²) in [5, 5.41) is 10.9. The van der Waals surface area contributed by atoms with Crippen molar-refractivity contribution >= 4 is 40.2 Å². The van der Waals surface area contributed by atoms with Crippen molar-refractivity contribution in [1.29, 1.82) is 0 Å². The average molecular weight is 1040 g/mol. The Morgan fingerprint density at radius 1 is 0.800 bits per heavy atom. The van der Waals surface area contributed by atoms with Crippen LogP contribution >= 0.6 is 0 Å². The minimum absolute atomic E-state index is 0.0202. The van der Waals surface area contributed by atoms with Crippen molar-refractivity contribution in [2.75, 3.05) is 34.3 Å². The minimum Gasteiger partial charge on any atom is -0.480 e. The maximum atomic E-state index is 13.2. The number of nitrogens with one attached hydrogen (secondary N) is 2. The first-order valence-electron chi connectivity index (χ1n) is 25.6. The Kier molecular flexibility index (Phi) is 20.8. The highest BCUT2D eigenvalue weighted by Crippen LogP contribution is 2.35. The van der Waals surface area contributed by atoms with Crippen molar-refractivity contribution in [3.63, 3.8) is 0 Å². The second kappa shape index (κ2) is 27.4. The molecule has 3 atom stereocenters. The number of nitrogens with zero attached hydrogens (tertiary/aromatic N) is 7. The number of amides is 3. The van der Waals surface area contributed by atoms with Gasteiger partial charge in [0.1, 0.15) is 23.7 Å². The van der Waals surface area contributed by atoms with E-state index in [4.69, 9.17) is 13.6 Å². The molecule has 1 aliphatic rings. The number of ketones is 2. The number of hydrogen-bond acceptors (Lipinski definition) is 13. The van der Waals surface area contributed by atoms with Crippen LogP contribution in [-0.2, 0) is 24.0 Å². The average Bonchev–Trinajstić information content (AvgIpc) is 4.20. The third kappa shape index (κ3) is 16.6. The van der Waals surface area contributed by atoms with Crippen LogP contribution in [0, 0.1) is 5.92 Å². The van der Waals surface area contributed by atoms with E-state index in [1.54, 1.807) is 22.0 Å². The number of carbonyl (C=O) groups is 5. The number of unbranched alkanes of at least 4 members (excludes halogenated alkanes) is 4. The number of benzene rings is 2. The number of likely N-dealkylation sites (N-methyl/N-ethyl adjacent to an activating group) is 1. The number of pyridine rings is 1. The third-order valence-electron chi connectivity index (χ3n) is 13.1. The number of likely N-dealkylation sites (tertiary alicyclic amines) is 1. The van der Waals surface area contributed by atoms with Crippen LogP contribution in [0.15, 0.2) is 94.3 Å². The first-order valence-corrected chi connectivity index (χ1v) is 25.6. The van der Waals surface area contributed by atoms with Crippen LogP contribution in [0.5, 0.6) is 5.88 Å². The Morgan fingerprint density at radius 3 is 1.96 bits per heavy atom. The van der Waals surface area contributed by atoms with Gasteiger partial charge in [-0.25, -0.2) is 19.6 Å². The zero-order chi connectivity index (χ0) is 54.1. The van der Waals surface area contributed by atoms with E-state index in [9.17, 15) is 37.1 Å². The van der Waals surface area contributed by atoms with Crippen LogP contribution in [0.4, 0.5) is 13.2 Å². The van der Waals surface area contributed by atoms with Gasteiger partial charge >= 0.3 is 6.18 Å². The van der Waals surface area contributed by atoms with Crippen LogP contribution in [0.25, 0.3) is 39.2 Å². The predicted molar refractivity (Wildman–Crippen MR) is 275 cm³/mol. The summed E-state index contributed by atoms with van der Waals surface area (Å²) in [5.41, 5.74) is 3.12. The number of methoxy groups -OCH3 is 1. The molecule has 7 rings (SSSR count). The molecule has 402 valence electrons. The smallest absolute Gasteiger partial charge is 0.391 e. The molecule has 0 radical (unpaired) electrons. The molecule has 3 amide bonds. The molecule has 1 fully saturated rings. The van der Waals surface area contributed by atoms with Gasteiger partial charge in [0.15, 0.2) is 11.5 Å². The van der Waals surface area contributed by atoms with Crippen LogP contribution in [-0.4, -0.2) is 110 Å². The van der Waals surface area contributed by atoms with E-state index < -0.39 is 30.6 Å². The normalized spacial score (nSPS) is 13.9. The summed E-state index contributed by atoms with van der Waals surface area (Å²) in [4.78, 5) is 76.8. The number of para-hydroxylation sites is 1. The summed E-state index contributed by atoms with van der Waals surface area (Å²) in [7, 11) is 4.35. The molecule has 75 heavy (non-hydrogen) atoms. The molecule has 0 bridgehead atoms. The maximum absolute atomic E-state index is 13.2. The SMILES string of the molecule is CCC(=O)CCCCC[C@H](NC(=O)C1CN(C(C)=O)C1)c1ncc(-c2ccc(-n3cccn3)cc2)o1.CCC(=O)CCCCC[C@H](NC(=O)[C@H](CC(F)(F)F)N(C)C)c1ncc(-c2cc3ccccc3nc2OC)o1. The van der Waals surface area contributed by atoms with E-state index in [0.717, 1.165) is 41.4 Å². The van der Waals surface area contributed by atoms with Crippen molar-refractivity contribution < 1.29 is 50.7 Å². The highest BCUT2D eigenvalue weighted by Gasteiger charge is 2.38. The number of rotatable bonds is 26. The number of Topliss-reactive ketones (excluding diaryl/α,β-unsaturated/α-hetero) is 2. The van der Waals surface area contributed by atoms with Gasteiger partial charge in [0.05, 0.1) is 54.7 Å². The van der Waals surface area contributed by atoms with Crippen molar-refractivity contribution in [3.05, 3.63) is 97.2 Å². The fourth-order valence-corrected chi connectivity index (χ4v) is 8.54. The zero-order valence-corrected chi connectivity index (χ0v) is 43.5. The Hall–Kier alpha value is -7.22. The number of oxazole rings is 2. The Morgan fingerprint density at radius 2 is 1.40 bits per heavy atom. The molecule has 2 N–H and O–H groups in total. The van der Waals surface area contributed by atoms with E-state index in [2.05, 4.69) is 30.7 Å². The lowest BCUT2D eigenvalue weighted by Crippen LogP contribution is -2.55. The summed E-state index contributed by atoms with van der Waals surface area (Å²) in [5.74, 6) is 1.28. The summed E-state index contributed by atoms with van der Waals surface area (Å²) >= 11 is 0. The maximum Gasteiger partial charge on any atom is 0.391 e. The second-order valence-corrected chi connectivity index (χ2v) is 18.9. The molecule has 6 aromatic rings. The molecule has 20 heteroatoms. The molecule has 2 aromatic carbocycles. The molecule has 0 unspecified atom stereocenters. The fourth-order valence-electron chi connectivity index (χ4n) is 8.54. The summed E-state index contributed by atoms with van der Waals surface area (Å²) < 4.78 is 58.9. The molecular weight excluding hydrogens is 972 g/mol. The molecule has 0 aliphatic carbocycles. The summed E-state index contributed by atoms with van der Waals surface area (Å²) in [6.07, 6.45) is 8.73. The fraction of sp³-hybridized carbons (Fsp3) is 0.473. The van der Waals surface area contributed by atoms with Crippen LogP contribution in [0.2, 0.25) is 0 Å². The summed E-state index contributed by atoms with van der Waals surface area (Å²) in [6, 6.07) is 16.5. The Bertz CT molecular complexity index is 2800. The standard InChI is InChI=1S/C28H35F3N4O4.C27H33N5O4/c1-5-19(36)12-7-6-8-14-22(33-25(37)23(35(2)3)16-28(29,30)31)27-32-17-24(39-27)20-15-18-11-9-10-13-21(18)34-26(20)38-4;1-3-23(34)8-5-4-6-9-24(30-26(35)21-17-31(18-21)19(2)33)27-28-16-25(36-27)20-10-12-22(13-11-20)32-15-7-14-29-32/h9-11,13,15,17,22-23H,5-8,12,14,16H2,1-4H3,(H,33,37);7,10-16,21,24H,3-6,8-9,17-18H2,1-2H3,(H,30,35)/t22-,23-;24-/m00/s1. The van der Waals surface area contributed by atoms with E-state index >= 15 is 0 Å². The van der Waals surface area contributed by atoms with Gasteiger partial charge in [0.25, 0.3) is 0 Å².